The number of rotatable bonds is 6. The summed E-state index contributed by atoms with van der Waals surface area (Å²) in [5.41, 5.74) is 2.04. The first-order valence-electron chi connectivity index (χ1n) is 8.41. The van der Waals surface area contributed by atoms with Crippen molar-refractivity contribution in [1.82, 2.24) is 0 Å². The summed E-state index contributed by atoms with van der Waals surface area (Å²) in [6.45, 7) is 4.16. The molecule has 1 aromatic heterocycles. The van der Waals surface area contributed by atoms with E-state index < -0.39 is 16.6 Å². The molecule has 144 valence electrons. The first kappa shape index (κ1) is 19.0. The Labute approximate surface area is 160 Å². The van der Waals surface area contributed by atoms with Crippen molar-refractivity contribution in [2.45, 2.75) is 20.5 Å². The molecule has 0 radical (unpaired) electrons. The van der Waals surface area contributed by atoms with Crippen LogP contribution in [0.4, 0.5) is 11.4 Å². The van der Waals surface area contributed by atoms with Crippen LogP contribution in [0.25, 0.3) is 0 Å². The lowest BCUT2D eigenvalue weighted by molar-refractivity contribution is -0.384. The van der Waals surface area contributed by atoms with Crippen molar-refractivity contribution in [3.63, 3.8) is 0 Å². The number of nitrogens with one attached hydrogen (secondary N) is 1. The molecule has 0 fully saturated rings. The van der Waals surface area contributed by atoms with E-state index in [0.717, 1.165) is 11.6 Å². The van der Waals surface area contributed by atoms with Crippen LogP contribution in [-0.4, -0.2) is 15.9 Å². The molecule has 0 bridgehead atoms. The summed E-state index contributed by atoms with van der Waals surface area (Å²) in [5, 5.41) is 23.0. The monoisotopic (exact) mass is 382 g/mol. The summed E-state index contributed by atoms with van der Waals surface area (Å²) < 4.78 is 11.1. The van der Waals surface area contributed by atoms with E-state index in [2.05, 4.69) is 5.32 Å². The van der Waals surface area contributed by atoms with Crippen LogP contribution in [0.2, 0.25) is 0 Å². The minimum atomic E-state index is -0.639. The zero-order chi connectivity index (χ0) is 20.3. The fraction of sp³-hybridized carbons (Fsp3) is 0.150. The molecule has 2 aromatic carbocycles. The number of phenols is 1. The third kappa shape index (κ3) is 4.29. The van der Waals surface area contributed by atoms with Crippen molar-refractivity contribution in [3.05, 3.63) is 81.3 Å². The van der Waals surface area contributed by atoms with Gasteiger partial charge in [-0.05, 0) is 55.3 Å². The predicted octanol–water partition coefficient (Wildman–Crippen LogP) is 4.34. The molecular formula is C20H18N2O6. The predicted molar refractivity (Wildman–Crippen MR) is 102 cm³/mol. The van der Waals surface area contributed by atoms with Gasteiger partial charge in [0.1, 0.15) is 23.9 Å². The molecule has 8 nitrogen and oxygen atoms in total. The second kappa shape index (κ2) is 7.83. The molecule has 0 atom stereocenters. The number of hydrogen-bond donors (Lipinski definition) is 2. The molecular weight excluding hydrogens is 364 g/mol. The minimum absolute atomic E-state index is 0.0245. The Balaban J connectivity index is 1.63. The van der Waals surface area contributed by atoms with E-state index in [9.17, 15) is 20.0 Å². The highest BCUT2D eigenvalue weighted by atomic mass is 16.6. The lowest BCUT2D eigenvalue weighted by Crippen LogP contribution is -2.11. The Kier molecular flexibility index (Phi) is 5.30. The molecule has 1 heterocycles. The summed E-state index contributed by atoms with van der Waals surface area (Å²) in [4.78, 5) is 22.3. The van der Waals surface area contributed by atoms with Gasteiger partial charge in [-0.25, -0.2) is 0 Å². The molecule has 3 rings (SSSR count). The van der Waals surface area contributed by atoms with E-state index in [1.54, 1.807) is 6.07 Å². The fourth-order valence-electron chi connectivity index (χ4n) is 2.46. The van der Waals surface area contributed by atoms with Crippen LogP contribution in [0.15, 0.2) is 52.9 Å². The Hall–Kier alpha value is -3.81. The molecule has 2 N–H and O–H groups in total. The van der Waals surface area contributed by atoms with Gasteiger partial charge in [0.2, 0.25) is 0 Å². The summed E-state index contributed by atoms with van der Waals surface area (Å²) in [6.07, 6.45) is 0. The highest BCUT2D eigenvalue weighted by Crippen LogP contribution is 2.28. The maximum Gasteiger partial charge on any atom is 0.291 e. The molecule has 28 heavy (non-hydrogen) atoms. The summed E-state index contributed by atoms with van der Waals surface area (Å²) >= 11 is 0. The number of ether oxygens (including phenoxy) is 1. The van der Waals surface area contributed by atoms with Crippen molar-refractivity contribution >= 4 is 17.3 Å². The second-order valence-corrected chi connectivity index (χ2v) is 6.21. The van der Waals surface area contributed by atoms with Gasteiger partial charge in [-0.1, -0.05) is 6.07 Å². The third-order valence-corrected chi connectivity index (χ3v) is 4.19. The molecule has 1 amide bonds. The van der Waals surface area contributed by atoms with E-state index in [1.807, 2.05) is 32.0 Å². The van der Waals surface area contributed by atoms with Crippen molar-refractivity contribution in [2.24, 2.45) is 0 Å². The van der Waals surface area contributed by atoms with Gasteiger partial charge in [0.05, 0.1) is 16.7 Å². The van der Waals surface area contributed by atoms with Gasteiger partial charge >= 0.3 is 0 Å². The maximum atomic E-state index is 12.3. The zero-order valence-corrected chi connectivity index (χ0v) is 15.3. The Morgan fingerprint density at radius 2 is 1.93 bits per heavy atom. The van der Waals surface area contributed by atoms with Crippen molar-refractivity contribution in [1.29, 1.82) is 0 Å². The minimum Gasteiger partial charge on any atom is -0.506 e. The number of nitro benzene ring substituents is 1. The molecule has 0 saturated carbocycles. The van der Waals surface area contributed by atoms with Crippen LogP contribution in [0.5, 0.6) is 11.5 Å². The number of furan rings is 1. The van der Waals surface area contributed by atoms with E-state index in [0.29, 0.717) is 11.5 Å². The highest BCUT2D eigenvalue weighted by molar-refractivity contribution is 6.03. The number of carbonyl (C=O) groups excluding carboxylic acids is 1. The number of amides is 1. The molecule has 3 aromatic rings. The van der Waals surface area contributed by atoms with Crippen LogP contribution < -0.4 is 10.1 Å². The van der Waals surface area contributed by atoms with Gasteiger partial charge in [0.15, 0.2) is 5.76 Å². The maximum absolute atomic E-state index is 12.3. The van der Waals surface area contributed by atoms with Gasteiger partial charge in [-0.2, -0.15) is 0 Å². The topological polar surface area (TPSA) is 115 Å². The molecule has 0 aliphatic carbocycles. The third-order valence-electron chi connectivity index (χ3n) is 4.19. The van der Waals surface area contributed by atoms with Crippen molar-refractivity contribution in [2.75, 3.05) is 5.32 Å². The van der Waals surface area contributed by atoms with Gasteiger partial charge in [-0.15, -0.1) is 0 Å². The summed E-state index contributed by atoms with van der Waals surface area (Å²) in [6, 6.07) is 12.2. The smallest absolute Gasteiger partial charge is 0.291 e. The lowest BCUT2D eigenvalue weighted by Gasteiger charge is -2.07. The van der Waals surface area contributed by atoms with E-state index >= 15 is 0 Å². The molecule has 0 spiro atoms. The molecule has 8 heteroatoms. The van der Waals surface area contributed by atoms with Gasteiger partial charge in [0, 0.05) is 6.07 Å². The van der Waals surface area contributed by atoms with E-state index in [-0.39, 0.29) is 23.7 Å². The number of aromatic hydroxyl groups is 1. The number of anilines is 1. The Morgan fingerprint density at radius 1 is 1.14 bits per heavy atom. The average Bonchev–Trinajstić information content (AvgIpc) is 3.13. The first-order chi connectivity index (χ1) is 13.3. The van der Waals surface area contributed by atoms with Crippen LogP contribution in [0, 0.1) is 24.0 Å². The number of non-ortho nitro benzene ring substituents is 1. The fourth-order valence-corrected chi connectivity index (χ4v) is 2.46. The number of phenolic OH excluding ortho intramolecular Hbond substituents is 1. The SMILES string of the molecule is Cc1ccc(OCc2ccc(C(=O)Nc3ccc([N+](=O)[O-])cc3O)o2)cc1C. The van der Waals surface area contributed by atoms with Gasteiger partial charge < -0.3 is 19.6 Å². The van der Waals surface area contributed by atoms with Crippen molar-refractivity contribution in [3.8, 4) is 11.5 Å². The highest BCUT2D eigenvalue weighted by Gasteiger charge is 2.16. The summed E-state index contributed by atoms with van der Waals surface area (Å²) in [5.74, 6) is 0.169. The van der Waals surface area contributed by atoms with Crippen molar-refractivity contribution < 1.29 is 24.0 Å². The Bertz CT molecular complexity index is 1040. The number of aryl methyl sites for hydroxylation is 2. The van der Waals surface area contributed by atoms with Crippen LogP contribution in [-0.2, 0) is 6.61 Å². The zero-order valence-electron chi connectivity index (χ0n) is 15.3. The number of hydrogen-bond acceptors (Lipinski definition) is 6. The van der Waals surface area contributed by atoms with E-state index in [4.69, 9.17) is 9.15 Å². The first-order valence-corrected chi connectivity index (χ1v) is 8.41. The molecule has 0 unspecified atom stereocenters. The van der Waals surface area contributed by atoms with Gasteiger partial charge in [0.25, 0.3) is 11.6 Å². The number of carbonyl (C=O) groups is 1. The normalized spacial score (nSPS) is 10.5. The number of nitrogens with zero attached hydrogens (tertiary/aromatic N) is 1. The molecule has 0 saturated heterocycles. The Morgan fingerprint density at radius 3 is 2.61 bits per heavy atom. The van der Waals surface area contributed by atoms with Crippen LogP contribution in [0.1, 0.15) is 27.4 Å². The quantitative estimate of drug-likeness (QED) is 0.372. The average molecular weight is 382 g/mol. The van der Waals surface area contributed by atoms with Crippen LogP contribution in [0.3, 0.4) is 0 Å². The van der Waals surface area contributed by atoms with E-state index in [1.165, 1.54) is 23.8 Å². The lowest BCUT2D eigenvalue weighted by atomic mass is 10.1. The largest absolute Gasteiger partial charge is 0.506 e. The second-order valence-electron chi connectivity index (χ2n) is 6.21. The standard InChI is InChI=1S/C20H18N2O6/c1-12-3-5-15(9-13(12)2)27-11-16-6-8-19(28-16)20(24)21-17-7-4-14(22(25)26)10-18(17)23/h3-10,23H,11H2,1-2H3,(H,21,24). The molecule has 0 aliphatic heterocycles. The number of benzene rings is 2. The number of nitro groups is 1. The van der Waals surface area contributed by atoms with Gasteiger partial charge in [-0.3, -0.25) is 14.9 Å². The molecule has 0 aliphatic rings. The van der Waals surface area contributed by atoms with Crippen LogP contribution >= 0.6 is 0 Å². The summed E-state index contributed by atoms with van der Waals surface area (Å²) in [7, 11) is 0.